The number of pyridine rings is 1. The molecule has 0 aliphatic carbocycles. The van der Waals surface area contributed by atoms with E-state index in [1.54, 1.807) is 6.20 Å². The van der Waals surface area contributed by atoms with Crippen LogP contribution in [0.2, 0.25) is 0 Å². The van der Waals surface area contributed by atoms with E-state index in [0.29, 0.717) is 0 Å². The van der Waals surface area contributed by atoms with Gasteiger partial charge in [-0.15, -0.1) is 0 Å². The van der Waals surface area contributed by atoms with E-state index in [4.69, 9.17) is 0 Å². The number of H-pyrrole nitrogens is 1. The van der Waals surface area contributed by atoms with Gasteiger partial charge in [0.05, 0.1) is 5.39 Å². The van der Waals surface area contributed by atoms with Gasteiger partial charge in [-0.25, -0.2) is 0 Å². The topological polar surface area (TPSA) is 32.9 Å². The van der Waals surface area contributed by atoms with Crippen molar-refractivity contribution in [3.8, 4) is 0 Å². The maximum Gasteiger partial charge on any atom is 0.256 e. The summed E-state index contributed by atoms with van der Waals surface area (Å²) in [6, 6.07) is 18.3. The number of hydrogen-bond acceptors (Lipinski definition) is 1. The Morgan fingerprint density at radius 1 is 0.632 bits per heavy atom. The summed E-state index contributed by atoms with van der Waals surface area (Å²) in [5.41, 5.74) is -0.0283. The van der Waals surface area contributed by atoms with Gasteiger partial charge in [-0.3, -0.25) is 4.79 Å². The molecule has 19 heavy (non-hydrogen) atoms. The Balaban J connectivity index is 2.52. The first-order valence-electron chi connectivity index (χ1n) is 6.27. The number of benzene rings is 3. The van der Waals surface area contributed by atoms with Gasteiger partial charge in [-0.1, -0.05) is 48.5 Å². The maximum atomic E-state index is 12.2. The molecule has 3 aromatic carbocycles. The van der Waals surface area contributed by atoms with Crippen molar-refractivity contribution in [1.29, 1.82) is 0 Å². The number of nitrogens with one attached hydrogen (secondary N) is 1. The van der Waals surface area contributed by atoms with Gasteiger partial charge in [0.25, 0.3) is 5.56 Å². The van der Waals surface area contributed by atoms with Crippen LogP contribution in [-0.2, 0) is 0 Å². The Bertz CT molecular complexity index is 937. The largest absolute Gasteiger partial charge is 0.329 e. The van der Waals surface area contributed by atoms with Crippen molar-refractivity contribution in [3.63, 3.8) is 0 Å². The summed E-state index contributed by atoms with van der Waals surface area (Å²) in [6.45, 7) is 0. The molecule has 0 saturated heterocycles. The van der Waals surface area contributed by atoms with Crippen LogP contribution in [0.4, 0.5) is 0 Å². The summed E-state index contributed by atoms with van der Waals surface area (Å²) in [6.07, 6.45) is 1.71. The van der Waals surface area contributed by atoms with Gasteiger partial charge in [0.2, 0.25) is 0 Å². The monoisotopic (exact) mass is 245 g/mol. The van der Waals surface area contributed by atoms with Crippen LogP contribution in [0, 0.1) is 0 Å². The van der Waals surface area contributed by atoms with Crippen LogP contribution in [-0.4, -0.2) is 4.98 Å². The molecule has 0 amide bonds. The first-order chi connectivity index (χ1) is 9.36. The molecule has 0 radical (unpaired) electrons. The van der Waals surface area contributed by atoms with Gasteiger partial charge in [0.15, 0.2) is 0 Å². The summed E-state index contributed by atoms with van der Waals surface area (Å²) in [5, 5.41) is 6.24. The maximum absolute atomic E-state index is 12.2. The van der Waals surface area contributed by atoms with E-state index >= 15 is 0 Å². The van der Waals surface area contributed by atoms with Crippen LogP contribution in [0.3, 0.4) is 0 Å². The van der Waals surface area contributed by atoms with Crippen molar-refractivity contribution in [2.24, 2.45) is 0 Å². The minimum atomic E-state index is -0.0283. The van der Waals surface area contributed by atoms with Crippen molar-refractivity contribution >= 4 is 32.3 Å². The highest BCUT2D eigenvalue weighted by atomic mass is 16.1. The van der Waals surface area contributed by atoms with Gasteiger partial charge in [0, 0.05) is 6.20 Å². The molecule has 0 bridgehead atoms. The second-order valence-electron chi connectivity index (χ2n) is 4.69. The average molecular weight is 245 g/mol. The van der Waals surface area contributed by atoms with Crippen LogP contribution >= 0.6 is 0 Å². The molecular weight excluding hydrogens is 234 g/mol. The fourth-order valence-corrected chi connectivity index (χ4v) is 2.86. The molecule has 0 unspecified atom stereocenters. The van der Waals surface area contributed by atoms with Gasteiger partial charge in [-0.05, 0) is 33.0 Å². The van der Waals surface area contributed by atoms with Crippen molar-refractivity contribution in [3.05, 3.63) is 71.1 Å². The summed E-state index contributed by atoms with van der Waals surface area (Å²) in [5.74, 6) is 0. The van der Waals surface area contributed by atoms with Crippen LogP contribution in [0.5, 0.6) is 0 Å². The lowest BCUT2D eigenvalue weighted by molar-refractivity contribution is 1.28. The Morgan fingerprint density at radius 3 is 1.74 bits per heavy atom. The fourth-order valence-electron chi connectivity index (χ4n) is 2.86. The molecular formula is C17H11NO. The zero-order valence-corrected chi connectivity index (χ0v) is 10.2. The van der Waals surface area contributed by atoms with Crippen LogP contribution < -0.4 is 5.56 Å². The Hall–Kier alpha value is -2.61. The molecule has 0 fully saturated rings. The summed E-state index contributed by atoms with van der Waals surface area (Å²) < 4.78 is 0. The highest BCUT2D eigenvalue weighted by Crippen LogP contribution is 2.32. The first-order valence-corrected chi connectivity index (χ1v) is 6.27. The predicted octanol–water partition coefficient (Wildman–Crippen LogP) is 3.83. The summed E-state index contributed by atoms with van der Waals surface area (Å²) in [7, 11) is 0. The van der Waals surface area contributed by atoms with Crippen LogP contribution in [0.25, 0.3) is 32.3 Å². The molecule has 0 saturated carbocycles. The van der Waals surface area contributed by atoms with E-state index in [1.165, 1.54) is 5.39 Å². The number of hydrogen-bond donors (Lipinski definition) is 1. The highest BCUT2D eigenvalue weighted by Gasteiger charge is 2.09. The molecule has 90 valence electrons. The van der Waals surface area contributed by atoms with E-state index in [1.807, 2.05) is 36.4 Å². The molecule has 1 aromatic heterocycles. The normalized spacial score (nSPS) is 11.4. The van der Waals surface area contributed by atoms with E-state index in [9.17, 15) is 4.79 Å². The predicted molar refractivity (Wildman–Crippen MR) is 79.6 cm³/mol. The Labute approximate surface area is 109 Å². The molecule has 0 atom stereocenters. The molecule has 0 aliphatic heterocycles. The third-order valence-electron chi connectivity index (χ3n) is 3.66. The second-order valence-corrected chi connectivity index (χ2v) is 4.69. The Kier molecular flexibility index (Phi) is 2.00. The minimum Gasteiger partial charge on any atom is -0.329 e. The minimum absolute atomic E-state index is 0.0283. The van der Waals surface area contributed by atoms with Gasteiger partial charge in [0.1, 0.15) is 0 Å². The van der Waals surface area contributed by atoms with E-state index < -0.39 is 0 Å². The standard InChI is InChI=1S/C17H11NO/c19-17-16-14-8-4-3-6-12(14)11-5-1-2-7-13(11)15(16)9-10-18-17/h1-10H,(H,18,19). The molecule has 1 N–H and O–H groups in total. The van der Waals surface area contributed by atoms with E-state index in [-0.39, 0.29) is 5.56 Å². The van der Waals surface area contributed by atoms with Crippen molar-refractivity contribution in [1.82, 2.24) is 4.98 Å². The molecule has 2 heteroatoms. The third kappa shape index (κ3) is 1.34. The van der Waals surface area contributed by atoms with Crippen molar-refractivity contribution < 1.29 is 0 Å². The fraction of sp³-hybridized carbons (Fsp3) is 0. The lowest BCUT2D eigenvalue weighted by atomic mass is 9.95. The third-order valence-corrected chi connectivity index (χ3v) is 3.66. The second kappa shape index (κ2) is 3.69. The van der Waals surface area contributed by atoms with Crippen molar-refractivity contribution in [2.75, 3.05) is 0 Å². The van der Waals surface area contributed by atoms with Crippen LogP contribution in [0.15, 0.2) is 65.6 Å². The number of aromatic nitrogens is 1. The van der Waals surface area contributed by atoms with Gasteiger partial charge >= 0.3 is 0 Å². The molecule has 1 heterocycles. The zero-order chi connectivity index (χ0) is 12.8. The molecule has 4 rings (SSSR count). The number of fused-ring (bicyclic) bond motifs is 6. The summed E-state index contributed by atoms with van der Waals surface area (Å²) >= 11 is 0. The number of rotatable bonds is 0. The molecule has 4 aromatic rings. The van der Waals surface area contributed by atoms with Gasteiger partial charge in [-0.2, -0.15) is 0 Å². The Morgan fingerprint density at radius 2 is 1.11 bits per heavy atom. The molecule has 0 aliphatic rings. The first kappa shape index (κ1) is 10.3. The lowest BCUT2D eigenvalue weighted by Gasteiger charge is -2.08. The lowest BCUT2D eigenvalue weighted by Crippen LogP contribution is -2.05. The van der Waals surface area contributed by atoms with Gasteiger partial charge < -0.3 is 4.98 Å². The molecule has 2 nitrogen and oxygen atoms in total. The average Bonchev–Trinajstić information content (AvgIpc) is 2.47. The summed E-state index contributed by atoms with van der Waals surface area (Å²) in [4.78, 5) is 15.0. The van der Waals surface area contributed by atoms with E-state index in [0.717, 1.165) is 26.9 Å². The number of aromatic amines is 1. The quantitative estimate of drug-likeness (QED) is 0.469. The van der Waals surface area contributed by atoms with E-state index in [2.05, 4.69) is 23.2 Å². The molecule has 0 spiro atoms. The van der Waals surface area contributed by atoms with Crippen molar-refractivity contribution in [2.45, 2.75) is 0 Å². The SMILES string of the molecule is O=c1[nH]ccc2c3ccccc3c3ccccc3c12. The smallest absolute Gasteiger partial charge is 0.256 e. The highest BCUT2D eigenvalue weighted by molar-refractivity contribution is 6.24. The van der Waals surface area contributed by atoms with Crippen LogP contribution in [0.1, 0.15) is 0 Å². The zero-order valence-electron chi connectivity index (χ0n) is 10.2.